The summed E-state index contributed by atoms with van der Waals surface area (Å²) in [6.07, 6.45) is 3.23. The number of hydrogen-bond donors (Lipinski definition) is 0. The van der Waals surface area contributed by atoms with E-state index >= 15 is 0 Å². The predicted octanol–water partition coefficient (Wildman–Crippen LogP) is 2.51. The molecule has 5 nitrogen and oxygen atoms in total. The number of ether oxygens (including phenoxy) is 1. The molecule has 3 heterocycles. The van der Waals surface area contributed by atoms with Crippen LogP contribution in [0.2, 0.25) is 0 Å². The Balaban J connectivity index is 1.47. The zero-order valence-electron chi connectivity index (χ0n) is 13.9. The van der Waals surface area contributed by atoms with E-state index < -0.39 is 0 Å². The van der Waals surface area contributed by atoms with Gasteiger partial charge in [0.2, 0.25) is 0 Å². The van der Waals surface area contributed by atoms with Gasteiger partial charge < -0.3 is 14.5 Å². The van der Waals surface area contributed by atoms with E-state index in [0.717, 1.165) is 24.2 Å². The SMILES string of the molecule is O=C(c1ccc2c(c1)CCO2)N1CCCN(c2ncccc2F)CC1. The molecule has 0 spiro atoms. The van der Waals surface area contributed by atoms with Crippen LogP contribution in [0.3, 0.4) is 0 Å². The minimum atomic E-state index is -0.319. The van der Waals surface area contributed by atoms with Crippen LogP contribution in [0.1, 0.15) is 22.3 Å². The lowest BCUT2D eigenvalue weighted by Crippen LogP contribution is -2.35. The standard InChI is InChI=1S/C19H20FN3O2/c20-16-3-1-7-21-18(16)22-8-2-9-23(11-10-22)19(24)15-4-5-17-14(13-15)6-12-25-17/h1,3-5,7,13H,2,6,8-12H2. The lowest BCUT2D eigenvalue weighted by atomic mass is 10.1. The molecule has 1 aromatic heterocycles. The van der Waals surface area contributed by atoms with Gasteiger partial charge >= 0.3 is 0 Å². The molecule has 0 atom stereocenters. The van der Waals surface area contributed by atoms with Gasteiger partial charge in [0, 0.05) is 44.4 Å². The summed E-state index contributed by atoms with van der Waals surface area (Å²) in [5.41, 5.74) is 1.79. The predicted molar refractivity (Wildman–Crippen MR) is 92.6 cm³/mol. The largest absolute Gasteiger partial charge is 0.493 e. The Morgan fingerprint density at radius 3 is 2.96 bits per heavy atom. The van der Waals surface area contributed by atoms with Crippen molar-refractivity contribution >= 4 is 11.7 Å². The molecule has 1 saturated heterocycles. The van der Waals surface area contributed by atoms with Crippen LogP contribution in [0.5, 0.6) is 5.75 Å². The van der Waals surface area contributed by atoms with Crippen LogP contribution >= 0.6 is 0 Å². The normalized spacial score (nSPS) is 17.0. The molecule has 1 aromatic carbocycles. The topological polar surface area (TPSA) is 45.7 Å². The van der Waals surface area contributed by atoms with E-state index in [-0.39, 0.29) is 11.7 Å². The molecule has 0 bridgehead atoms. The summed E-state index contributed by atoms with van der Waals surface area (Å²) in [5.74, 6) is 0.953. The van der Waals surface area contributed by atoms with E-state index in [1.807, 2.05) is 28.0 Å². The number of carbonyl (C=O) groups excluding carboxylic acids is 1. The maximum Gasteiger partial charge on any atom is 0.253 e. The highest BCUT2D eigenvalue weighted by Crippen LogP contribution is 2.26. The molecule has 25 heavy (non-hydrogen) atoms. The highest BCUT2D eigenvalue weighted by molar-refractivity contribution is 5.94. The summed E-state index contributed by atoms with van der Waals surface area (Å²) in [6, 6.07) is 8.65. The third-order valence-corrected chi connectivity index (χ3v) is 4.76. The molecule has 4 rings (SSSR count). The highest BCUT2D eigenvalue weighted by Gasteiger charge is 2.23. The number of aromatic nitrogens is 1. The van der Waals surface area contributed by atoms with Gasteiger partial charge in [0.15, 0.2) is 11.6 Å². The molecule has 0 unspecified atom stereocenters. The fraction of sp³-hybridized carbons (Fsp3) is 0.368. The number of fused-ring (bicyclic) bond motifs is 1. The van der Waals surface area contributed by atoms with Crippen molar-refractivity contribution < 1.29 is 13.9 Å². The van der Waals surface area contributed by atoms with Crippen molar-refractivity contribution in [2.24, 2.45) is 0 Å². The number of nitrogens with zero attached hydrogens (tertiary/aromatic N) is 3. The first-order valence-electron chi connectivity index (χ1n) is 8.63. The van der Waals surface area contributed by atoms with Crippen LogP contribution in [0.15, 0.2) is 36.5 Å². The second-order valence-corrected chi connectivity index (χ2v) is 6.36. The van der Waals surface area contributed by atoms with Crippen molar-refractivity contribution in [3.63, 3.8) is 0 Å². The Morgan fingerprint density at radius 1 is 1.16 bits per heavy atom. The summed E-state index contributed by atoms with van der Waals surface area (Å²) in [6.45, 7) is 3.17. The first-order chi connectivity index (χ1) is 12.2. The third kappa shape index (κ3) is 3.16. The van der Waals surface area contributed by atoms with Crippen LogP contribution < -0.4 is 9.64 Å². The summed E-state index contributed by atoms with van der Waals surface area (Å²) >= 11 is 0. The first kappa shape index (κ1) is 15.9. The van der Waals surface area contributed by atoms with E-state index in [1.54, 1.807) is 12.3 Å². The van der Waals surface area contributed by atoms with E-state index in [2.05, 4.69) is 4.98 Å². The Bertz CT molecular complexity index is 796. The molecule has 2 aliphatic rings. The zero-order chi connectivity index (χ0) is 17.2. The smallest absolute Gasteiger partial charge is 0.253 e. The Labute approximate surface area is 146 Å². The number of benzene rings is 1. The van der Waals surface area contributed by atoms with Gasteiger partial charge in [-0.25, -0.2) is 9.37 Å². The minimum Gasteiger partial charge on any atom is -0.493 e. The van der Waals surface area contributed by atoms with Crippen LogP contribution in [0.25, 0.3) is 0 Å². The second-order valence-electron chi connectivity index (χ2n) is 6.36. The number of rotatable bonds is 2. The van der Waals surface area contributed by atoms with Gasteiger partial charge in [-0.2, -0.15) is 0 Å². The Kier molecular flexibility index (Phi) is 4.26. The summed E-state index contributed by atoms with van der Waals surface area (Å²) in [7, 11) is 0. The first-order valence-corrected chi connectivity index (χ1v) is 8.63. The number of hydrogen-bond acceptors (Lipinski definition) is 4. The van der Waals surface area contributed by atoms with Crippen molar-refractivity contribution in [3.8, 4) is 5.75 Å². The van der Waals surface area contributed by atoms with E-state index in [4.69, 9.17) is 4.74 Å². The molecule has 0 aliphatic carbocycles. The number of amides is 1. The van der Waals surface area contributed by atoms with Crippen molar-refractivity contribution in [2.75, 3.05) is 37.7 Å². The monoisotopic (exact) mass is 341 g/mol. The zero-order valence-corrected chi connectivity index (χ0v) is 13.9. The molecule has 130 valence electrons. The van der Waals surface area contributed by atoms with Crippen molar-refractivity contribution in [1.29, 1.82) is 0 Å². The summed E-state index contributed by atoms with van der Waals surface area (Å²) < 4.78 is 19.5. The van der Waals surface area contributed by atoms with Gasteiger partial charge in [-0.1, -0.05) is 0 Å². The number of carbonyl (C=O) groups is 1. The molecule has 1 fully saturated rings. The Morgan fingerprint density at radius 2 is 2.08 bits per heavy atom. The Hall–Kier alpha value is -2.63. The van der Waals surface area contributed by atoms with E-state index in [0.29, 0.717) is 44.2 Å². The molecule has 1 amide bonds. The quantitative estimate of drug-likeness (QED) is 0.842. The van der Waals surface area contributed by atoms with Gasteiger partial charge in [-0.05, 0) is 42.3 Å². The maximum absolute atomic E-state index is 14.0. The van der Waals surface area contributed by atoms with Crippen LogP contribution in [0, 0.1) is 5.82 Å². The molecular weight excluding hydrogens is 321 g/mol. The fourth-order valence-corrected chi connectivity index (χ4v) is 3.44. The van der Waals surface area contributed by atoms with Crippen molar-refractivity contribution in [3.05, 3.63) is 53.5 Å². The third-order valence-electron chi connectivity index (χ3n) is 4.76. The molecule has 0 saturated carbocycles. The number of pyridine rings is 1. The highest BCUT2D eigenvalue weighted by atomic mass is 19.1. The lowest BCUT2D eigenvalue weighted by Gasteiger charge is -2.23. The maximum atomic E-state index is 14.0. The molecule has 0 radical (unpaired) electrons. The van der Waals surface area contributed by atoms with Gasteiger partial charge in [0.05, 0.1) is 6.61 Å². The van der Waals surface area contributed by atoms with Crippen LogP contribution in [0.4, 0.5) is 10.2 Å². The summed E-state index contributed by atoms with van der Waals surface area (Å²) in [5, 5.41) is 0. The molecular formula is C19H20FN3O2. The molecule has 6 heteroatoms. The van der Waals surface area contributed by atoms with Crippen LogP contribution in [-0.4, -0.2) is 48.6 Å². The van der Waals surface area contributed by atoms with Crippen molar-refractivity contribution in [1.82, 2.24) is 9.88 Å². The van der Waals surface area contributed by atoms with E-state index in [9.17, 15) is 9.18 Å². The minimum absolute atomic E-state index is 0.0260. The average Bonchev–Trinajstić information content (AvgIpc) is 2.97. The van der Waals surface area contributed by atoms with Crippen LogP contribution in [-0.2, 0) is 6.42 Å². The van der Waals surface area contributed by atoms with Gasteiger partial charge in [0.25, 0.3) is 5.91 Å². The lowest BCUT2D eigenvalue weighted by molar-refractivity contribution is 0.0767. The fourth-order valence-electron chi connectivity index (χ4n) is 3.44. The molecule has 2 aliphatic heterocycles. The van der Waals surface area contributed by atoms with Gasteiger partial charge in [-0.15, -0.1) is 0 Å². The summed E-state index contributed by atoms with van der Waals surface area (Å²) in [4.78, 5) is 20.7. The number of halogens is 1. The number of anilines is 1. The average molecular weight is 341 g/mol. The van der Waals surface area contributed by atoms with Gasteiger partial charge in [-0.3, -0.25) is 4.79 Å². The molecule has 2 aromatic rings. The van der Waals surface area contributed by atoms with Crippen molar-refractivity contribution in [2.45, 2.75) is 12.8 Å². The molecule has 0 N–H and O–H groups in total. The van der Waals surface area contributed by atoms with Gasteiger partial charge in [0.1, 0.15) is 5.75 Å². The van der Waals surface area contributed by atoms with E-state index in [1.165, 1.54) is 6.07 Å². The second kappa shape index (κ2) is 6.70.